The van der Waals surface area contributed by atoms with Gasteiger partial charge in [0.15, 0.2) is 0 Å². The fourth-order valence-electron chi connectivity index (χ4n) is 3.88. The highest BCUT2D eigenvalue weighted by Gasteiger charge is 2.30. The second kappa shape index (κ2) is 6.85. The molecule has 128 valence electrons. The largest absolute Gasteiger partial charge is 0.339 e. The lowest BCUT2D eigenvalue weighted by Crippen LogP contribution is -2.45. The molecule has 0 radical (unpaired) electrons. The van der Waals surface area contributed by atoms with Gasteiger partial charge in [-0.05, 0) is 42.7 Å². The van der Waals surface area contributed by atoms with Crippen LogP contribution >= 0.6 is 0 Å². The van der Waals surface area contributed by atoms with Gasteiger partial charge in [-0.1, -0.05) is 54.6 Å². The van der Waals surface area contributed by atoms with Gasteiger partial charge in [0.05, 0.1) is 0 Å². The molecule has 1 saturated heterocycles. The van der Waals surface area contributed by atoms with Gasteiger partial charge >= 0.3 is 0 Å². The number of nitrogens with zero attached hydrogens (tertiary/aromatic N) is 2. The Bertz CT molecular complexity index is 789. The summed E-state index contributed by atoms with van der Waals surface area (Å²) in [6.45, 7) is 2.67. The van der Waals surface area contributed by atoms with Gasteiger partial charge < -0.3 is 4.90 Å². The maximum Gasteiger partial charge on any atom is 0.254 e. The van der Waals surface area contributed by atoms with E-state index in [9.17, 15) is 4.79 Å². The van der Waals surface area contributed by atoms with Gasteiger partial charge in [0.25, 0.3) is 5.91 Å². The topological polar surface area (TPSA) is 23.6 Å². The zero-order valence-corrected chi connectivity index (χ0v) is 14.7. The van der Waals surface area contributed by atoms with E-state index in [1.54, 1.807) is 0 Å². The molecular weight excluding hydrogens is 308 g/mol. The van der Waals surface area contributed by atoms with Crippen LogP contribution in [0.3, 0.4) is 0 Å². The van der Waals surface area contributed by atoms with Gasteiger partial charge in [-0.15, -0.1) is 0 Å². The van der Waals surface area contributed by atoms with Crippen molar-refractivity contribution in [2.45, 2.75) is 25.4 Å². The third-order valence-electron chi connectivity index (χ3n) is 5.43. The summed E-state index contributed by atoms with van der Waals surface area (Å²) in [6.07, 6.45) is 4.11. The number of carbonyl (C=O) groups is 1. The van der Waals surface area contributed by atoms with Gasteiger partial charge in [0.2, 0.25) is 0 Å². The van der Waals surface area contributed by atoms with Crippen LogP contribution in [0, 0.1) is 0 Å². The van der Waals surface area contributed by atoms with E-state index in [2.05, 4.69) is 48.3 Å². The van der Waals surface area contributed by atoms with E-state index in [-0.39, 0.29) is 5.91 Å². The van der Waals surface area contributed by atoms with Crippen molar-refractivity contribution in [2.75, 3.05) is 20.1 Å². The lowest BCUT2D eigenvalue weighted by molar-refractivity contribution is -0.126. The van der Waals surface area contributed by atoms with E-state index in [0.717, 1.165) is 43.6 Å². The molecule has 2 aromatic rings. The Hall–Kier alpha value is -2.39. The molecule has 0 bridgehead atoms. The summed E-state index contributed by atoms with van der Waals surface area (Å²) < 4.78 is 0. The lowest BCUT2D eigenvalue weighted by Gasteiger charge is -2.38. The van der Waals surface area contributed by atoms with Crippen molar-refractivity contribution in [3.05, 3.63) is 71.3 Å². The standard InChI is InChI=1S/C22H24N2O/c1-23(16-17-7-3-2-4-8-17)19-11-13-24(14-12-19)22(25)21-15-18-9-5-6-10-20(18)21/h2-10,15,19H,11-14,16H2,1H3. The number of hydrogen-bond acceptors (Lipinski definition) is 2. The van der Waals surface area contributed by atoms with Gasteiger partial charge in [-0.25, -0.2) is 0 Å². The van der Waals surface area contributed by atoms with Gasteiger partial charge in [0.1, 0.15) is 0 Å². The summed E-state index contributed by atoms with van der Waals surface area (Å²) in [5, 5.41) is 0. The van der Waals surface area contributed by atoms with E-state index < -0.39 is 0 Å². The predicted molar refractivity (Wildman–Crippen MR) is 102 cm³/mol. The average molecular weight is 332 g/mol. The van der Waals surface area contributed by atoms with E-state index in [4.69, 9.17) is 0 Å². The highest BCUT2D eigenvalue weighted by Crippen LogP contribution is 2.34. The van der Waals surface area contributed by atoms with Crippen molar-refractivity contribution in [3.8, 4) is 0 Å². The Morgan fingerprint density at radius 2 is 1.72 bits per heavy atom. The first kappa shape index (κ1) is 16.1. The fourth-order valence-corrected chi connectivity index (χ4v) is 3.88. The summed E-state index contributed by atoms with van der Waals surface area (Å²) in [5.41, 5.74) is 4.52. The first-order valence-electron chi connectivity index (χ1n) is 9.07. The Kier molecular flexibility index (Phi) is 4.41. The first-order valence-corrected chi connectivity index (χ1v) is 9.07. The third kappa shape index (κ3) is 3.24. The summed E-state index contributed by atoms with van der Waals surface area (Å²) >= 11 is 0. The van der Waals surface area contributed by atoms with Crippen molar-refractivity contribution in [1.82, 2.24) is 9.80 Å². The summed E-state index contributed by atoms with van der Waals surface area (Å²) in [4.78, 5) is 17.2. The molecular formula is C22H24N2O. The predicted octanol–water partition coefficient (Wildman–Crippen LogP) is 3.66. The summed E-state index contributed by atoms with van der Waals surface area (Å²) in [6, 6.07) is 19.3. The zero-order valence-electron chi connectivity index (χ0n) is 14.7. The van der Waals surface area contributed by atoms with Crippen LogP contribution in [0.5, 0.6) is 0 Å². The van der Waals surface area contributed by atoms with Crippen LogP contribution in [0.25, 0.3) is 11.6 Å². The van der Waals surface area contributed by atoms with Crippen LogP contribution in [0.2, 0.25) is 0 Å². The van der Waals surface area contributed by atoms with Crippen LogP contribution in [-0.4, -0.2) is 41.9 Å². The summed E-state index contributed by atoms with van der Waals surface area (Å²) in [5.74, 6) is 0.197. The maximum atomic E-state index is 12.8. The van der Waals surface area contributed by atoms with E-state index in [1.807, 2.05) is 29.2 Å². The number of fused-ring (bicyclic) bond motifs is 1. The van der Waals surface area contributed by atoms with Gasteiger partial charge in [0, 0.05) is 31.2 Å². The number of benzene rings is 2. The molecule has 0 aromatic heterocycles. The minimum atomic E-state index is 0.197. The van der Waals surface area contributed by atoms with Crippen molar-refractivity contribution < 1.29 is 4.79 Å². The Labute approximate surface area is 149 Å². The molecule has 0 unspecified atom stereocenters. The van der Waals surface area contributed by atoms with Crippen LogP contribution in [0.4, 0.5) is 0 Å². The molecule has 1 heterocycles. The molecule has 0 spiro atoms. The molecule has 1 aliphatic carbocycles. The van der Waals surface area contributed by atoms with E-state index in [1.165, 1.54) is 11.1 Å². The van der Waals surface area contributed by atoms with Crippen molar-refractivity contribution >= 4 is 17.6 Å². The van der Waals surface area contributed by atoms with Crippen LogP contribution in [0.1, 0.15) is 29.5 Å². The number of hydrogen-bond donors (Lipinski definition) is 0. The van der Waals surface area contributed by atoms with Gasteiger partial charge in [-0.2, -0.15) is 0 Å². The maximum absolute atomic E-state index is 12.8. The normalized spacial score (nSPS) is 17.0. The SMILES string of the molecule is CN(Cc1ccccc1)C1CCN(C(=O)C2=Cc3ccccc32)CC1. The van der Waals surface area contributed by atoms with Crippen molar-refractivity contribution in [1.29, 1.82) is 0 Å². The number of amides is 1. The zero-order chi connectivity index (χ0) is 17.2. The Morgan fingerprint density at radius 3 is 2.44 bits per heavy atom. The monoisotopic (exact) mass is 332 g/mol. The molecule has 1 aliphatic heterocycles. The lowest BCUT2D eigenvalue weighted by atomic mass is 9.87. The van der Waals surface area contributed by atoms with Crippen LogP contribution < -0.4 is 0 Å². The molecule has 1 fully saturated rings. The smallest absolute Gasteiger partial charge is 0.254 e. The van der Waals surface area contributed by atoms with E-state index >= 15 is 0 Å². The first-order chi connectivity index (χ1) is 12.2. The molecule has 25 heavy (non-hydrogen) atoms. The number of likely N-dealkylation sites (tertiary alicyclic amines) is 1. The number of rotatable bonds is 4. The second-order valence-electron chi connectivity index (χ2n) is 7.07. The molecule has 2 aliphatic rings. The number of piperidine rings is 1. The molecule has 3 nitrogen and oxygen atoms in total. The molecule has 3 heteroatoms. The third-order valence-corrected chi connectivity index (χ3v) is 5.43. The molecule has 0 atom stereocenters. The second-order valence-corrected chi connectivity index (χ2v) is 7.07. The van der Waals surface area contributed by atoms with E-state index in [0.29, 0.717) is 6.04 Å². The molecule has 1 amide bonds. The number of carbonyl (C=O) groups excluding carboxylic acids is 1. The fraction of sp³-hybridized carbons (Fsp3) is 0.318. The Balaban J connectivity index is 1.32. The molecule has 0 saturated carbocycles. The Morgan fingerprint density at radius 1 is 1.04 bits per heavy atom. The highest BCUT2D eigenvalue weighted by atomic mass is 16.2. The van der Waals surface area contributed by atoms with Crippen molar-refractivity contribution in [2.24, 2.45) is 0 Å². The quantitative estimate of drug-likeness (QED) is 0.853. The summed E-state index contributed by atoms with van der Waals surface area (Å²) in [7, 11) is 2.19. The average Bonchev–Trinajstić information content (AvgIpc) is 2.63. The van der Waals surface area contributed by atoms with Crippen LogP contribution in [0.15, 0.2) is 54.6 Å². The highest BCUT2D eigenvalue weighted by molar-refractivity contribution is 6.29. The minimum Gasteiger partial charge on any atom is -0.339 e. The molecule has 0 N–H and O–H groups in total. The van der Waals surface area contributed by atoms with Gasteiger partial charge in [-0.3, -0.25) is 9.69 Å². The molecule has 4 rings (SSSR count). The minimum absolute atomic E-state index is 0.197. The van der Waals surface area contributed by atoms with Crippen molar-refractivity contribution in [3.63, 3.8) is 0 Å². The van der Waals surface area contributed by atoms with Crippen LogP contribution in [-0.2, 0) is 11.3 Å². The molecule has 2 aromatic carbocycles.